The fraction of sp³-hybridized carbons (Fsp3) is 0.0714. The van der Waals surface area contributed by atoms with Crippen molar-refractivity contribution in [1.82, 2.24) is 20.2 Å². The zero-order chi connectivity index (χ0) is 14.8. The molecular formula is C14H11BrFN5. The first-order valence-electron chi connectivity index (χ1n) is 6.20. The van der Waals surface area contributed by atoms with Gasteiger partial charge in [-0.3, -0.25) is 0 Å². The summed E-state index contributed by atoms with van der Waals surface area (Å²) in [7, 11) is 0. The number of hydrogen-bond acceptors (Lipinski definition) is 4. The molecule has 3 rings (SSSR count). The SMILES string of the molecule is Nc1cccc(-c2nnnn2Cc2ccc(F)cc2)c1Br. The molecule has 0 spiro atoms. The van der Waals surface area contributed by atoms with Gasteiger partial charge in [0.25, 0.3) is 0 Å². The summed E-state index contributed by atoms with van der Waals surface area (Å²) in [5, 5.41) is 11.7. The summed E-state index contributed by atoms with van der Waals surface area (Å²) in [6, 6.07) is 11.7. The Kier molecular flexibility index (Phi) is 3.66. The Balaban J connectivity index is 1.97. The maximum atomic E-state index is 12.9. The lowest BCUT2D eigenvalue weighted by atomic mass is 10.2. The number of benzene rings is 2. The minimum Gasteiger partial charge on any atom is -0.398 e. The molecule has 0 aliphatic rings. The van der Waals surface area contributed by atoms with Crippen LogP contribution in [0.1, 0.15) is 5.56 Å². The molecule has 0 aliphatic carbocycles. The number of tetrazole rings is 1. The second kappa shape index (κ2) is 5.61. The highest BCUT2D eigenvalue weighted by molar-refractivity contribution is 9.10. The third-order valence-electron chi connectivity index (χ3n) is 3.05. The van der Waals surface area contributed by atoms with Crippen molar-refractivity contribution < 1.29 is 4.39 Å². The standard InChI is InChI=1S/C14H11BrFN5/c15-13-11(2-1-3-12(13)17)14-18-19-20-21(14)8-9-4-6-10(16)7-5-9/h1-7H,8,17H2. The maximum absolute atomic E-state index is 12.9. The van der Waals surface area contributed by atoms with E-state index in [0.717, 1.165) is 15.6 Å². The normalized spacial score (nSPS) is 10.8. The molecule has 0 atom stereocenters. The van der Waals surface area contributed by atoms with Gasteiger partial charge in [-0.25, -0.2) is 9.07 Å². The first kappa shape index (κ1) is 13.7. The number of aromatic nitrogens is 4. The van der Waals surface area contributed by atoms with Crippen LogP contribution in [0.15, 0.2) is 46.9 Å². The molecule has 0 fully saturated rings. The monoisotopic (exact) mass is 347 g/mol. The Morgan fingerprint density at radius 2 is 1.90 bits per heavy atom. The Bertz CT molecular complexity index is 769. The second-order valence-electron chi connectivity index (χ2n) is 4.50. The van der Waals surface area contributed by atoms with Gasteiger partial charge >= 0.3 is 0 Å². The maximum Gasteiger partial charge on any atom is 0.183 e. The number of rotatable bonds is 3. The molecule has 0 unspecified atom stereocenters. The molecule has 21 heavy (non-hydrogen) atoms. The molecule has 0 saturated heterocycles. The van der Waals surface area contributed by atoms with Crippen molar-refractivity contribution in [1.29, 1.82) is 0 Å². The van der Waals surface area contributed by atoms with E-state index in [1.807, 2.05) is 12.1 Å². The Morgan fingerprint density at radius 3 is 2.67 bits per heavy atom. The molecule has 7 heteroatoms. The van der Waals surface area contributed by atoms with E-state index in [2.05, 4.69) is 31.5 Å². The van der Waals surface area contributed by atoms with Crippen LogP contribution in [0.4, 0.5) is 10.1 Å². The van der Waals surface area contributed by atoms with Crippen LogP contribution in [0.25, 0.3) is 11.4 Å². The number of nitrogens with zero attached hydrogens (tertiary/aromatic N) is 4. The predicted molar refractivity (Wildman–Crippen MR) is 80.9 cm³/mol. The lowest BCUT2D eigenvalue weighted by Gasteiger charge is -2.08. The number of anilines is 1. The Hall–Kier alpha value is -2.28. The summed E-state index contributed by atoms with van der Waals surface area (Å²) in [5.41, 5.74) is 8.21. The minimum atomic E-state index is -0.269. The van der Waals surface area contributed by atoms with Gasteiger partial charge in [0.15, 0.2) is 5.82 Å². The van der Waals surface area contributed by atoms with E-state index in [1.54, 1.807) is 22.9 Å². The molecule has 2 aromatic carbocycles. The van der Waals surface area contributed by atoms with Crippen molar-refractivity contribution in [3.05, 3.63) is 58.3 Å². The summed E-state index contributed by atoms with van der Waals surface area (Å²) in [4.78, 5) is 0. The average molecular weight is 348 g/mol. The lowest BCUT2D eigenvalue weighted by molar-refractivity contribution is 0.622. The van der Waals surface area contributed by atoms with Crippen molar-refractivity contribution in [2.24, 2.45) is 0 Å². The van der Waals surface area contributed by atoms with E-state index >= 15 is 0 Å². The van der Waals surface area contributed by atoms with Gasteiger partial charge in [0, 0.05) is 11.3 Å². The topological polar surface area (TPSA) is 69.6 Å². The van der Waals surface area contributed by atoms with Gasteiger partial charge < -0.3 is 5.73 Å². The number of halogens is 2. The van der Waals surface area contributed by atoms with Gasteiger partial charge in [-0.1, -0.05) is 18.2 Å². The van der Waals surface area contributed by atoms with Crippen LogP contribution in [0, 0.1) is 5.82 Å². The molecule has 0 amide bonds. The summed E-state index contributed by atoms with van der Waals surface area (Å²) < 4.78 is 15.3. The molecule has 1 aromatic heterocycles. The third kappa shape index (κ3) is 2.78. The van der Waals surface area contributed by atoms with Crippen LogP contribution in [-0.4, -0.2) is 20.2 Å². The molecule has 2 N–H and O–H groups in total. The third-order valence-corrected chi connectivity index (χ3v) is 3.93. The molecule has 0 radical (unpaired) electrons. The van der Waals surface area contributed by atoms with Gasteiger partial charge in [-0.2, -0.15) is 0 Å². The zero-order valence-electron chi connectivity index (χ0n) is 10.9. The molecule has 0 aliphatic heterocycles. The smallest absolute Gasteiger partial charge is 0.183 e. The van der Waals surface area contributed by atoms with Gasteiger partial charge in [-0.05, 0) is 56.2 Å². The predicted octanol–water partition coefficient (Wildman–Crippen LogP) is 2.87. The summed E-state index contributed by atoms with van der Waals surface area (Å²) in [6.45, 7) is 0.448. The quantitative estimate of drug-likeness (QED) is 0.739. The zero-order valence-corrected chi connectivity index (χ0v) is 12.5. The van der Waals surface area contributed by atoms with Crippen molar-refractivity contribution in [2.75, 3.05) is 5.73 Å². The summed E-state index contributed by atoms with van der Waals surface area (Å²) >= 11 is 3.45. The van der Waals surface area contributed by atoms with Crippen LogP contribution >= 0.6 is 15.9 Å². The largest absolute Gasteiger partial charge is 0.398 e. The summed E-state index contributed by atoms with van der Waals surface area (Å²) in [5.74, 6) is 0.327. The van der Waals surface area contributed by atoms with E-state index in [0.29, 0.717) is 18.1 Å². The van der Waals surface area contributed by atoms with Crippen molar-refractivity contribution in [3.8, 4) is 11.4 Å². The molecule has 0 bridgehead atoms. The number of hydrogen-bond donors (Lipinski definition) is 1. The van der Waals surface area contributed by atoms with E-state index in [1.165, 1.54) is 12.1 Å². The van der Waals surface area contributed by atoms with E-state index in [-0.39, 0.29) is 5.82 Å². The molecule has 3 aromatic rings. The van der Waals surface area contributed by atoms with Gasteiger partial charge in [0.2, 0.25) is 0 Å². The Morgan fingerprint density at radius 1 is 1.14 bits per heavy atom. The van der Waals surface area contributed by atoms with Gasteiger partial charge in [0.05, 0.1) is 11.0 Å². The fourth-order valence-corrected chi connectivity index (χ4v) is 2.43. The van der Waals surface area contributed by atoms with Crippen LogP contribution in [0.2, 0.25) is 0 Å². The molecular weight excluding hydrogens is 337 g/mol. The van der Waals surface area contributed by atoms with Gasteiger partial charge in [-0.15, -0.1) is 5.10 Å². The van der Waals surface area contributed by atoms with Crippen molar-refractivity contribution >= 4 is 21.6 Å². The Labute approximate surface area is 128 Å². The van der Waals surface area contributed by atoms with Crippen LogP contribution in [0.3, 0.4) is 0 Å². The number of nitrogens with two attached hydrogens (primary N) is 1. The summed E-state index contributed by atoms with van der Waals surface area (Å²) in [6.07, 6.45) is 0. The van der Waals surface area contributed by atoms with Crippen LogP contribution in [-0.2, 0) is 6.54 Å². The number of nitrogen functional groups attached to an aromatic ring is 1. The average Bonchev–Trinajstić information content (AvgIpc) is 2.92. The first-order chi connectivity index (χ1) is 10.1. The van der Waals surface area contributed by atoms with E-state index in [4.69, 9.17) is 5.73 Å². The molecule has 106 valence electrons. The van der Waals surface area contributed by atoms with Crippen molar-refractivity contribution in [2.45, 2.75) is 6.54 Å². The highest BCUT2D eigenvalue weighted by Gasteiger charge is 2.13. The van der Waals surface area contributed by atoms with Gasteiger partial charge in [0.1, 0.15) is 5.82 Å². The highest BCUT2D eigenvalue weighted by atomic mass is 79.9. The van der Waals surface area contributed by atoms with E-state index in [9.17, 15) is 4.39 Å². The van der Waals surface area contributed by atoms with E-state index < -0.39 is 0 Å². The minimum absolute atomic E-state index is 0.269. The fourth-order valence-electron chi connectivity index (χ4n) is 1.99. The van der Waals surface area contributed by atoms with Crippen LogP contribution < -0.4 is 5.73 Å². The highest BCUT2D eigenvalue weighted by Crippen LogP contribution is 2.31. The first-order valence-corrected chi connectivity index (χ1v) is 6.99. The second-order valence-corrected chi connectivity index (χ2v) is 5.29. The lowest BCUT2D eigenvalue weighted by Crippen LogP contribution is -2.05. The van der Waals surface area contributed by atoms with Crippen molar-refractivity contribution in [3.63, 3.8) is 0 Å². The molecule has 0 saturated carbocycles. The van der Waals surface area contributed by atoms with Crippen LogP contribution in [0.5, 0.6) is 0 Å². The molecule has 1 heterocycles. The molecule has 5 nitrogen and oxygen atoms in total.